The average Bonchev–Trinajstić information content (AvgIpc) is 2.84. The Bertz CT molecular complexity index is 1150. The lowest BCUT2D eigenvalue weighted by Crippen LogP contribution is -2.36. The number of ether oxygens (including phenoxy) is 3. The summed E-state index contributed by atoms with van der Waals surface area (Å²) in [6.45, 7) is 6.16. The molecule has 0 radical (unpaired) electrons. The average molecular weight is 611 g/mol. The SMILES string of the molecule is CCOc1cc(C=Nc2ccc(N3CCOCC3)cc2)cc(I)c1OCc1ccc(Cl)cc1Cl. The maximum Gasteiger partial charge on any atom is 0.175 e. The van der Waals surface area contributed by atoms with Gasteiger partial charge in [0.1, 0.15) is 6.61 Å². The highest BCUT2D eigenvalue weighted by Gasteiger charge is 2.14. The van der Waals surface area contributed by atoms with Gasteiger partial charge in [-0.25, -0.2) is 0 Å². The molecule has 0 aromatic heterocycles. The summed E-state index contributed by atoms with van der Waals surface area (Å²) in [5.41, 5.74) is 3.87. The Morgan fingerprint density at radius 3 is 2.50 bits per heavy atom. The van der Waals surface area contributed by atoms with Crippen LogP contribution in [-0.4, -0.2) is 39.1 Å². The topological polar surface area (TPSA) is 43.3 Å². The standard InChI is InChI=1S/C26H25Cl2IN2O3/c1-2-33-25-14-18(13-24(29)26(25)34-17-19-3-4-20(27)15-23(19)28)16-30-21-5-7-22(8-6-21)31-9-11-32-12-10-31/h3-8,13-16H,2,9-12,17H2,1H3. The lowest BCUT2D eigenvalue weighted by atomic mass is 10.2. The van der Waals surface area contributed by atoms with Crippen molar-refractivity contribution < 1.29 is 14.2 Å². The number of anilines is 1. The second kappa shape index (κ2) is 12.1. The number of halogens is 3. The van der Waals surface area contributed by atoms with E-state index in [9.17, 15) is 0 Å². The van der Waals surface area contributed by atoms with Gasteiger partial charge in [-0.15, -0.1) is 0 Å². The van der Waals surface area contributed by atoms with E-state index >= 15 is 0 Å². The fraction of sp³-hybridized carbons (Fsp3) is 0.269. The zero-order valence-electron chi connectivity index (χ0n) is 18.8. The number of morpholine rings is 1. The van der Waals surface area contributed by atoms with Crippen LogP contribution in [0.3, 0.4) is 0 Å². The normalized spacial score (nSPS) is 13.9. The molecule has 3 aromatic carbocycles. The molecule has 1 aliphatic heterocycles. The van der Waals surface area contributed by atoms with Crippen molar-refractivity contribution in [1.29, 1.82) is 0 Å². The van der Waals surface area contributed by atoms with Crippen molar-refractivity contribution >= 4 is 63.4 Å². The molecule has 0 aliphatic carbocycles. The second-order valence-electron chi connectivity index (χ2n) is 7.66. The molecule has 0 unspecified atom stereocenters. The zero-order chi connectivity index (χ0) is 23.9. The molecular weight excluding hydrogens is 586 g/mol. The number of nitrogens with zero attached hydrogens (tertiary/aromatic N) is 2. The highest BCUT2D eigenvalue weighted by atomic mass is 127. The minimum Gasteiger partial charge on any atom is -0.490 e. The molecule has 4 rings (SSSR count). The first-order chi connectivity index (χ1) is 16.5. The summed E-state index contributed by atoms with van der Waals surface area (Å²) >= 11 is 14.5. The number of hydrogen-bond acceptors (Lipinski definition) is 5. The largest absolute Gasteiger partial charge is 0.490 e. The van der Waals surface area contributed by atoms with E-state index < -0.39 is 0 Å². The molecule has 0 saturated carbocycles. The molecule has 1 fully saturated rings. The molecule has 8 heteroatoms. The third-order valence-electron chi connectivity index (χ3n) is 5.31. The maximum absolute atomic E-state index is 6.29. The zero-order valence-corrected chi connectivity index (χ0v) is 22.4. The molecule has 178 valence electrons. The molecule has 0 N–H and O–H groups in total. The van der Waals surface area contributed by atoms with Gasteiger partial charge in [0.2, 0.25) is 0 Å². The Kier molecular flexibility index (Phi) is 8.94. The monoisotopic (exact) mass is 610 g/mol. The third kappa shape index (κ3) is 6.56. The van der Waals surface area contributed by atoms with E-state index in [0.29, 0.717) is 34.8 Å². The van der Waals surface area contributed by atoms with E-state index in [1.165, 1.54) is 5.69 Å². The van der Waals surface area contributed by atoms with Crippen molar-refractivity contribution in [2.24, 2.45) is 4.99 Å². The first kappa shape index (κ1) is 25.1. The van der Waals surface area contributed by atoms with Gasteiger partial charge in [0, 0.05) is 40.6 Å². The van der Waals surface area contributed by atoms with Gasteiger partial charge in [0.15, 0.2) is 11.5 Å². The smallest absolute Gasteiger partial charge is 0.175 e. The first-order valence-corrected chi connectivity index (χ1v) is 12.9. The molecule has 0 amide bonds. The molecule has 3 aromatic rings. The van der Waals surface area contributed by atoms with Crippen molar-refractivity contribution in [2.45, 2.75) is 13.5 Å². The van der Waals surface area contributed by atoms with E-state index in [2.05, 4.69) is 44.6 Å². The summed E-state index contributed by atoms with van der Waals surface area (Å²) in [6, 6.07) is 17.6. The Balaban J connectivity index is 1.48. The van der Waals surface area contributed by atoms with Gasteiger partial charge in [-0.2, -0.15) is 0 Å². The number of hydrogen-bond donors (Lipinski definition) is 0. The van der Waals surface area contributed by atoms with Crippen molar-refractivity contribution in [1.82, 2.24) is 0 Å². The highest BCUT2D eigenvalue weighted by Crippen LogP contribution is 2.35. The van der Waals surface area contributed by atoms with Gasteiger partial charge < -0.3 is 19.1 Å². The predicted octanol–water partition coefficient (Wildman–Crippen LogP) is 7.16. The van der Waals surface area contributed by atoms with E-state index in [4.69, 9.17) is 37.4 Å². The Labute approximate surface area is 223 Å². The van der Waals surface area contributed by atoms with E-state index in [-0.39, 0.29) is 0 Å². The van der Waals surface area contributed by atoms with Crippen LogP contribution >= 0.6 is 45.8 Å². The summed E-state index contributed by atoms with van der Waals surface area (Å²) in [4.78, 5) is 6.97. The third-order valence-corrected chi connectivity index (χ3v) is 6.70. The van der Waals surface area contributed by atoms with Crippen LogP contribution in [0.25, 0.3) is 0 Å². The maximum atomic E-state index is 6.29. The van der Waals surface area contributed by atoms with Crippen molar-refractivity contribution in [2.75, 3.05) is 37.8 Å². The van der Waals surface area contributed by atoms with E-state index in [1.54, 1.807) is 12.1 Å². The number of rotatable bonds is 8. The van der Waals surface area contributed by atoms with Gasteiger partial charge in [-0.3, -0.25) is 4.99 Å². The summed E-state index contributed by atoms with van der Waals surface area (Å²) in [7, 11) is 0. The number of benzene rings is 3. The van der Waals surface area contributed by atoms with Gasteiger partial charge in [0.25, 0.3) is 0 Å². The van der Waals surface area contributed by atoms with E-state index in [0.717, 1.165) is 46.7 Å². The van der Waals surface area contributed by atoms with Crippen LogP contribution in [0, 0.1) is 3.57 Å². The Morgan fingerprint density at radius 2 is 1.79 bits per heavy atom. The molecule has 0 atom stereocenters. The van der Waals surface area contributed by atoms with Gasteiger partial charge >= 0.3 is 0 Å². The molecule has 0 bridgehead atoms. The molecular formula is C26H25Cl2IN2O3. The van der Waals surface area contributed by atoms with Crippen LogP contribution in [0.2, 0.25) is 10.0 Å². The van der Waals surface area contributed by atoms with Crippen molar-refractivity contribution in [3.63, 3.8) is 0 Å². The Morgan fingerprint density at radius 1 is 1.03 bits per heavy atom. The molecule has 0 spiro atoms. The fourth-order valence-electron chi connectivity index (χ4n) is 3.57. The number of aliphatic imine (C=N–C) groups is 1. The minimum absolute atomic E-state index is 0.314. The van der Waals surface area contributed by atoms with Crippen molar-refractivity contribution in [3.8, 4) is 11.5 Å². The second-order valence-corrected chi connectivity index (χ2v) is 9.67. The summed E-state index contributed by atoms with van der Waals surface area (Å²) in [6.07, 6.45) is 1.84. The van der Waals surface area contributed by atoms with Crippen LogP contribution in [-0.2, 0) is 11.3 Å². The summed E-state index contributed by atoms with van der Waals surface area (Å²) < 4.78 is 18.3. The minimum atomic E-state index is 0.314. The van der Waals surface area contributed by atoms with Crippen LogP contribution in [0.1, 0.15) is 18.1 Å². The summed E-state index contributed by atoms with van der Waals surface area (Å²) in [5, 5.41) is 1.17. The molecule has 34 heavy (non-hydrogen) atoms. The molecule has 1 heterocycles. The summed E-state index contributed by atoms with van der Waals surface area (Å²) in [5.74, 6) is 1.35. The van der Waals surface area contributed by atoms with Gasteiger partial charge in [-0.1, -0.05) is 29.3 Å². The van der Waals surface area contributed by atoms with Gasteiger partial charge in [-0.05, 0) is 83.6 Å². The fourth-order valence-corrected chi connectivity index (χ4v) is 4.82. The highest BCUT2D eigenvalue weighted by molar-refractivity contribution is 14.1. The lowest BCUT2D eigenvalue weighted by molar-refractivity contribution is 0.122. The van der Waals surface area contributed by atoms with Crippen LogP contribution in [0.4, 0.5) is 11.4 Å². The molecule has 5 nitrogen and oxygen atoms in total. The van der Waals surface area contributed by atoms with Crippen LogP contribution < -0.4 is 14.4 Å². The van der Waals surface area contributed by atoms with Crippen LogP contribution in [0.5, 0.6) is 11.5 Å². The van der Waals surface area contributed by atoms with Crippen molar-refractivity contribution in [3.05, 3.63) is 79.3 Å². The lowest BCUT2D eigenvalue weighted by Gasteiger charge is -2.28. The Hall–Kier alpha value is -2.00. The predicted molar refractivity (Wildman–Crippen MR) is 148 cm³/mol. The first-order valence-electron chi connectivity index (χ1n) is 11.0. The van der Waals surface area contributed by atoms with Gasteiger partial charge in [0.05, 0.1) is 29.1 Å². The van der Waals surface area contributed by atoms with E-state index in [1.807, 2.05) is 43.5 Å². The molecule has 1 aliphatic rings. The quantitative estimate of drug-likeness (QED) is 0.200. The van der Waals surface area contributed by atoms with Crippen LogP contribution in [0.15, 0.2) is 59.6 Å². The molecule has 1 saturated heterocycles.